The fourth-order valence-corrected chi connectivity index (χ4v) is 5.29. The Labute approximate surface area is 131 Å². The van der Waals surface area contributed by atoms with Gasteiger partial charge in [-0.15, -0.1) is 0 Å². The number of aryl methyl sites for hydroxylation is 1. The molecule has 3 rings (SSSR count). The van der Waals surface area contributed by atoms with Gasteiger partial charge in [-0.05, 0) is 49.7 Å². The van der Waals surface area contributed by atoms with Gasteiger partial charge in [0.15, 0.2) is 0 Å². The van der Waals surface area contributed by atoms with Crippen LogP contribution in [0.4, 0.5) is 0 Å². The summed E-state index contributed by atoms with van der Waals surface area (Å²) in [7, 11) is -0.617. The summed E-state index contributed by atoms with van der Waals surface area (Å²) in [5.41, 5.74) is 3.05. The molecule has 0 amide bonds. The highest BCUT2D eigenvalue weighted by atomic mass is 32.2. The molecule has 1 aromatic rings. The fourth-order valence-electron chi connectivity index (χ4n) is 3.94. The maximum atomic E-state index is 12.1. The van der Waals surface area contributed by atoms with Crippen LogP contribution in [0.2, 0.25) is 0 Å². The Morgan fingerprint density at radius 2 is 1.95 bits per heavy atom. The SMILES string of the molecule is CC[S@@](=O)[C@@H]1CCC[C@H](N[C@@H]2CCc3ccccc3C2)C1. The van der Waals surface area contributed by atoms with E-state index in [9.17, 15) is 4.21 Å². The second-order valence-corrected chi connectivity index (χ2v) is 8.54. The molecule has 0 saturated heterocycles. The molecule has 0 radical (unpaired) electrons. The van der Waals surface area contributed by atoms with E-state index in [0.717, 1.165) is 25.0 Å². The maximum Gasteiger partial charge on any atom is 0.0362 e. The first-order valence-electron chi connectivity index (χ1n) is 8.46. The Morgan fingerprint density at radius 3 is 2.76 bits per heavy atom. The molecule has 0 unspecified atom stereocenters. The van der Waals surface area contributed by atoms with Gasteiger partial charge in [-0.25, -0.2) is 0 Å². The molecule has 0 spiro atoms. The minimum atomic E-state index is -0.617. The lowest BCUT2D eigenvalue weighted by molar-refractivity contribution is 0.323. The molecule has 0 bridgehead atoms. The summed E-state index contributed by atoms with van der Waals surface area (Å²) in [6.07, 6.45) is 8.37. The zero-order valence-corrected chi connectivity index (χ0v) is 13.8. The zero-order valence-electron chi connectivity index (χ0n) is 13.0. The topological polar surface area (TPSA) is 29.1 Å². The van der Waals surface area contributed by atoms with E-state index in [1.165, 1.54) is 36.8 Å². The molecule has 1 fully saturated rings. The third-order valence-corrected chi connectivity index (χ3v) is 6.84. The predicted octanol–water partition coefficient (Wildman–Crippen LogP) is 3.21. The van der Waals surface area contributed by atoms with Crippen LogP contribution < -0.4 is 5.32 Å². The van der Waals surface area contributed by atoms with Gasteiger partial charge in [-0.1, -0.05) is 37.6 Å². The second-order valence-electron chi connectivity index (χ2n) is 6.53. The Bertz CT molecular complexity index is 502. The van der Waals surface area contributed by atoms with E-state index in [-0.39, 0.29) is 0 Å². The molecule has 1 saturated carbocycles. The first-order valence-corrected chi connectivity index (χ1v) is 9.84. The smallest absolute Gasteiger partial charge is 0.0362 e. The summed E-state index contributed by atoms with van der Waals surface area (Å²) in [6, 6.07) is 10.0. The molecule has 0 heterocycles. The van der Waals surface area contributed by atoms with Crippen molar-refractivity contribution in [2.45, 2.75) is 69.2 Å². The average molecular weight is 305 g/mol. The highest BCUT2D eigenvalue weighted by Crippen LogP contribution is 2.26. The molecule has 4 atom stereocenters. The van der Waals surface area contributed by atoms with Gasteiger partial charge < -0.3 is 5.32 Å². The summed E-state index contributed by atoms with van der Waals surface area (Å²) in [5.74, 6) is 0.814. The zero-order chi connectivity index (χ0) is 14.7. The lowest BCUT2D eigenvalue weighted by Crippen LogP contribution is -2.45. The summed E-state index contributed by atoms with van der Waals surface area (Å²) < 4.78 is 12.1. The van der Waals surface area contributed by atoms with Crippen LogP contribution in [-0.4, -0.2) is 27.3 Å². The van der Waals surface area contributed by atoms with Gasteiger partial charge in [0.1, 0.15) is 0 Å². The van der Waals surface area contributed by atoms with Crippen molar-refractivity contribution in [1.29, 1.82) is 0 Å². The first kappa shape index (κ1) is 15.2. The van der Waals surface area contributed by atoms with Crippen molar-refractivity contribution in [3.63, 3.8) is 0 Å². The number of fused-ring (bicyclic) bond motifs is 1. The van der Waals surface area contributed by atoms with Crippen molar-refractivity contribution >= 4 is 10.8 Å². The normalized spacial score (nSPS) is 30.6. The number of hydrogen-bond donors (Lipinski definition) is 1. The van der Waals surface area contributed by atoms with Crippen molar-refractivity contribution in [3.8, 4) is 0 Å². The van der Waals surface area contributed by atoms with Gasteiger partial charge in [0.2, 0.25) is 0 Å². The van der Waals surface area contributed by atoms with E-state index >= 15 is 0 Å². The van der Waals surface area contributed by atoms with E-state index in [1.54, 1.807) is 0 Å². The summed E-state index contributed by atoms with van der Waals surface area (Å²) in [4.78, 5) is 0. The molecule has 1 N–H and O–H groups in total. The molecule has 2 aliphatic rings. The van der Waals surface area contributed by atoms with Crippen LogP contribution in [0.15, 0.2) is 24.3 Å². The van der Waals surface area contributed by atoms with Crippen LogP contribution in [0.25, 0.3) is 0 Å². The lowest BCUT2D eigenvalue weighted by atomic mass is 9.86. The maximum absolute atomic E-state index is 12.1. The minimum absolute atomic E-state index is 0.428. The van der Waals surface area contributed by atoms with Crippen LogP contribution in [0.1, 0.15) is 50.2 Å². The molecule has 1 aromatic carbocycles. The Hall–Kier alpha value is -0.670. The van der Waals surface area contributed by atoms with Crippen LogP contribution in [0, 0.1) is 0 Å². The third kappa shape index (κ3) is 3.75. The quantitative estimate of drug-likeness (QED) is 0.925. The monoisotopic (exact) mass is 305 g/mol. The van der Waals surface area contributed by atoms with Crippen LogP contribution in [-0.2, 0) is 23.6 Å². The molecular weight excluding hydrogens is 278 g/mol. The predicted molar refractivity (Wildman–Crippen MR) is 90.1 cm³/mol. The van der Waals surface area contributed by atoms with Gasteiger partial charge in [0, 0.05) is 33.9 Å². The number of benzene rings is 1. The van der Waals surface area contributed by atoms with Gasteiger partial charge >= 0.3 is 0 Å². The Morgan fingerprint density at radius 1 is 1.14 bits per heavy atom. The van der Waals surface area contributed by atoms with Crippen LogP contribution in [0.5, 0.6) is 0 Å². The molecule has 2 aliphatic carbocycles. The van der Waals surface area contributed by atoms with Gasteiger partial charge in [-0.3, -0.25) is 4.21 Å². The highest BCUT2D eigenvalue weighted by Gasteiger charge is 2.28. The molecule has 3 heteroatoms. The molecule has 0 aromatic heterocycles. The Balaban J connectivity index is 1.56. The first-order chi connectivity index (χ1) is 10.3. The summed E-state index contributed by atoms with van der Waals surface area (Å²) >= 11 is 0. The summed E-state index contributed by atoms with van der Waals surface area (Å²) in [6.45, 7) is 2.05. The van der Waals surface area contributed by atoms with E-state index in [4.69, 9.17) is 0 Å². The largest absolute Gasteiger partial charge is 0.311 e. The fraction of sp³-hybridized carbons (Fsp3) is 0.667. The van der Waals surface area contributed by atoms with Crippen molar-refractivity contribution in [2.24, 2.45) is 0 Å². The van der Waals surface area contributed by atoms with E-state index in [2.05, 4.69) is 29.6 Å². The second kappa shape index (κ2) is 7.06. The lowest BCUT2D eigenvalue weighted by Gasteiger charge is -2.34. The Kier molecular flexibility index (Phi) is 5.12. The van der Waals surface area contributed by atoms with Crippen LogP contribution in [0.3, 0.4) is 0 Å². The van der Waals surface area contributed by atoms with E-state index in [1.807, 2.05) is 6.92 Å². The molecule has 116 valence electrons. The van der Waals surface area contributed by atoms with Crippen LogP contribution >= 0.6 is 0 Å². The number of nitrogens with one attached hydrogen (secondary N) is 1. The highest BCUT2D eigenvalue weighted by molar-refractivity contribution is 7.85. The summed E-state index contributed by atoms with van der Waals surface area (Å²) in [5, 5.41) is 4.30. The average Bonchev–Trinajstić information content (AvgIpc) is 2.54. The van der Waals surface area contributed by atoms with Crippen molar-refractivity contribution in [2.75, 3.05) is 5.75 Å². The van der Waals surface area contributed by atoms with E-state index < -0.39 is 10.8 Å². The third-order valence-electron chi connectivity index (χ3n) is 5.10. The van der Waals surface area contributed by atoms with E-state index in [0.29, 0.717) is 17.3 Å². The van der Waals surface area contributed by atoms with Gasteiger partial charge in [-0.2, -0.15) is 0 Å². The van der Waals surface area contributed by atoms with Crippen molar-refractivity contribution in [3.05, 3.63) is 35.4 Å². The molecule has 2 nitrogen and oxygen atoms in total. The van der Waals surface area contributed by atoms with Crippen molar-refractivity contribution < 1.29 is 4.21 Å². The molecule has 0 aliphatic heterocycles. The van der Waals surface area contributed by atoms with Gasteiger partial charge in [0.05, 0.1) is 0 Å². The van der Waals surface area contributed by atoms with Crippen molar-refractivity contribution in [1.82, 2.24) is 5.32 Å². The number of hydrogen-bond acceptors (Lipinski definition) is 2. The van der Waals surface area contributed by atoms with Gasteiger partial charge in [0.25, 0.3) is 0 Å². The minimum Gasteiger partial charge on any atom is -0.311 e. The standard InChI is InChI=1S/C18H27NOS/c1-2-21(20)18-9-5-8-16(13-18)19-17-11-10-14-6-3-4-7-15(14)12-17/h3-4,6-7,16-19H,2,5,8-13H2,1H3/t16-,17+,18+,21+/m0/s1. The molecule has 21 heavy (non-hydrogen) atoms. The molecular formula is C18H27NOS. The number of rotatable bonds is 4.